The second kappa shape index (κ2) is 16.5. The number of methoxy groups -OCH3 is 1. The third-order valence-electron chi connectivity index (χ3n) is 7.38. The molecule has 0 bridgehead atoms. The van der Waals surface area contributed by atoms with Gasteiger partial charge in [-0.25, -0.2) is 8.42 Å². The smallest absolute Gasteiger partial charge is 0.264 e. The Balaban J connectivity index is 1.78. The highest BCUT2D eigenvalue weighted by atomic mass is 35.5. The Kier molecular flexibility index (Phi) is 12.5. The average Bonchev–Trinajstić information content (AvgIpc) is 3.06. The number of ether oxygens (including phenoxy) is 1. The van der Waals surface area contributed by atoms with Crippen molar-refractivity contribution in [1.29, 1.82) is 0 Å². The second-order valence-corrected chi connectivity index (χ2v) is 13.4. The Bertz CT molecular complexity index is 1700. The molecule has 0 aliphatic rings. The number of unbranched alkanes of at least 4 members (excludes halogenated alkanes) is 1. The van der Waals surface area contributed by atoms with Crippen LogP contribution >= 0.6 is 23.2 Å². The molecule has 0 heterocycles. The standard InChI is InChI=1S/C35H37Cl2N3O5S/c1-3-4-21-38-35(42)33(23-26-9-6-5-7-10-26)39(24-27-11-8-12-29(37)22-27)34(41)25-40(30-15-13-28(36)14-16-30)46(43,44)32-19-17-31(45-2)18-20-32/h5-20,22,33H,3-4,21,23-25H2,1-2H3,(H,38,42)/t33-/m1/s1. The van der Waals surface area contributed by atoms with Gasteiger partial charge in [-0.3, -0.25) is 13.9 Å². The summed E-state index contributed by atoms with van der Waals surface area (Å²) >= 11 is 12.4. The van der Waals surface area contributed by atoms with Gasteiger partial charge < -0.3 is 15.0 Å². The van der Waals surface area contributed by atoms with Crippen molar-refractivity contribution in [1.82, 2.24) is 10.2 Å². The first-order chi connectivity index (χ1) is 22.1. The maximum absolute atomic E-state index is 14.5. The van der Waals surface area contributed by atoms with Crippen LogP contribution in [-0.4, -0.2) is 51.4 Å². The van der Waals surface area contributed by atoms with Crippen LogP contribution in [0.3, 0.4) is 0 Å². The molecule has 2 amide bonds. The number of carbonyl (C=O) groups excluding carboxylic acids is 2. The van der Waals surface area contributed by atoms with Crippen LogP contribution in [0.2, 0.25) is 10.0 Å². The number of halogens is 2. The lowest BCUT2D eigenvalue weighted by Crippen LogP contribution is -2.53. The Morgan fingerprint density at radius 2 is 1.52 bits per heavy atom. The van der Waals surface area contributed by atoms with E-state index in [0.29, 0.717) is 27.9 Å². The average molecular weight is 683 g/mol. The van der Waals surface area contributed by atoms with Crippen LogP contribution in [0.5, 0.6) is 5.75 Å². The van der Waals surface area contributed by atoms with Crippen molar-refractivity contribution in [2.24, 2.45) is 0 Å². The number of hydrogen-bond donors (Lipinski definition) is 1. The summed E-state index contributed by atoms with van der Waals surface area (Å²) in [6, 6.07) is 27.6. The summed E-state index contributed by atoms with van der Waals surface area (Å²) in [6.07, 6.45) is 1.88. The Morgan fingerprint density at radius 3 is 2.15 bits per heavy atom. The summed E-state index contributed by atoms with van der Waals surface area (Å²) in [6.45, 7) is 1.92. The number of sulfonamides is 1. The molecule has 0 aliphatic carbocycles. The normalized spacial score (nSPS) is 11.8. The topological polar surface area (TPSA) is 96.0 Å². The van der Waals surface area contributed by atoms with Gasteiger partial charge in [0.2, 0.25) is 11.8 Å². The summed E-state index contributed by atoms with van der Waals surface area (Å²) in [7, 11) is -2.77. The molecule has 0 saturated carbocycles. The number of benzene rings is 4. The van der Waals surface area contributed by atoms with E-state index in [0.717, 1.165) is 22.7 Å². The molecule has 1 atom stereocenters. The summed E-state index contributed by atoms with van der Waals surface area (Å²) in [5.74, 6) is -0.416. The maximum atomic E-state index is 14.5. The van der Waals surface area contributed by atoms with E-state index in [1.165, 1.54) is 48.4 Å². The van der Waals surface area contributed by atoms with E-state index in [9.17, 15) is 18.0 Å². The molecule has 0 fully saturated rings. The monoisotopic (exact) mass is 681 g/mol. The number of amides is 2. The summed E-state index contributed by atoms with van der Waals surface area (Å²) in [4.78, 5) is 29.7. The summed E-state index contributed by atoms with van der Waals surface area (Å²) in [5.41, 5.74) is 1.78. The maximum Gasteiger partial charge on any atom is 0.264 e. The first-order valence-corrected chi connectivity index (χ1v) is 17.1. The number of hydrogen-bond acceptors (Lipinski definition) is 5. The largest absolute Gasteiger partial charge is 0.497 e. The molecule has 11 heteroatoms. The Hall–Kier alpha value is -4.05. The second-order valence-electron chi connectivity index (χ2n) is 10.7. The van der Waals surface area contributed by atoms with E-state index < -0.39 is 28.5 Å². The van der Waals surface area contributed by atoms with E-state index in [4.69, 9.17) is 27.9 Å². The van der Waals surface area contributed by atoms with Crippen molar-refractivity contribution in [2.75, 3.05) is 24.5 Å². The Labute approximate surface area is 280 Å². The lowest BCUT2D eigenvalue weighted by Gasteiger charge is -2.34. The van der Waals surface area contributed by atoms with Gasteiger partial charge in [-0.15, -0.1) is 0 Å². The molecule has 1 N–H and O–H groups in total. The van der Waals surface area contributed by atoms with E-state index >= 15 is 0 Å². The van der Waals surface area contributed by atoms with Crippen molar-refractivity contribution >= 4 is 50.7 Å². The fourth-order valence-electron chi connectivity index (χ4n) is 4.90. The summed E-state index contributed by atoms with van der Waals surface area (Å²) in [5, 5.41) is 3.86. The predicted octanol–water partition coefficient (Wildman–Crippen LogP) is 6.75. The highest BCUT2D eigenvalue weighted by molar-refractivity contribution is 7.92. The first-order valence-electron chi connectivity index (χ1n) is 14.9. The van der Waals surface area contributed by atoms with Crippen LogP contribution in [0, 0.1) is 0 Å². The van der Waals surface area contributed by atoms with Gasteiger partial charge in [-0.05, 0) is 78.2 Å². The first kappa shape index (κ1) is 34.8. The fourth-order valence-corrected chi connectivity index (χ4v) is 6.66. The molecule has 0 unspecified atom stereocenters. The molecule has 4 rings (SSSR count). The van der Waals surface area contributed by atoms with Gasteiger partial charge in [0, 0.05) is 29.6 Å². The number of anilines is 1. The molecule has 46 heavy (non-hydrogen) atoms. The number of nitrogens with one attached hydrogen (secondary N) is 1. The summed E-state index contributed by atoms with van der Waals surface area (Å²) < 4.78 is 34.5. The molecule has 0 saturated heterocycles. The van der Waals surface area contributed by atoms with E-state index in [1.807, 2.05) is 43.3 Å². The van der Waals surface area contributed by atoms with Gasteiger partial charge in [0.15, 0.2) is 0 Å². The molecule has 0 aliphatic heterocycles. The minimum Gasteiger partial charge on any atom is -0.497 e. The predicted molar refractivity (Wildman–Crippen MR) is 183 cm³/mol. The van der Waals surface area contributed by atoms with Gasteiger partial charge in [-0.1, -0.05) is 79.0 Å². The highest BCUT2D eigenvalue weighted by Crippen LogP contribution is 2.27. The van der Waals surface area contributed by atoms with Gasteiger partial charge in [0.1, 0.15) is 18.3 Å². The van der Waals surface area contributed by atoms with Crippen LogP contribution in [0.15, 0.2) is 108 Å². The van der Waals surface area contributed by atoms with Crippen LogP contribution in [0.1, 0.15) is 30.9 Å². The number of nitrogens with zero attached hydrogens (tertiary/aromatic N) is 2. The lowest BCUT2D eigenvalue weighted by atomic mass is 10.0. The number of rotatable bonds is 15. The molecule has 8 nitrogen and oxygen atoms in total. The molecule has 4 aromatic carbocycles. The van der Waals surface area contributed by atoms with Crippen molar-refractivity contribution in [3.8, 4) is 5.75 Å². The lowest BCUT2D eigenvalue weighted by molar-refractivity contribution is -0.140. The van der Waals surface area contributed by atoms with Gasteiger partial charge in [0.05, 0.1) is 17.7 Å². The molecular formula is C35H37Cl2N3O5S. The third-order valence-corrected chi connectivity index (χ3v) is 9.66. The van der Waals surface area contributed by atoms with Crippen molar-refractivity contribution in [2.45, 2.75) is 43.7 Å². The van der Waals surface area contributed by atoms with Crippen molar-refractivity contribution in [3.63, 3.8) is 0 Å². The van der Waals surface area contributed by atoms with Crippen LogP contribution < -0.4 is 14.4 Å². The van der Waals surface area contributed by atoms with Crippen LogP contribution in [0.25, 0.3) is 0 Å². The van der Waals surface area contributed by atoms with Crippen LogP contribution in [-0.2, 0) is 32.6 Å². The molecule has 242 valence electrons. The highest BCUT2D eigenvalue weighted by Gasteiger charge is 2.34. The molecular weight excluding hydrogens is 645 g/mol. The molecule has 0 spiro atoms. The van der Waals surface area contributed by atoms with E-state index in [-0.39, 0.29) is 29.5 Å². The van der Waals surface area contributed by atoms with E-state index in [1.54, 1.807) is 30.3 Å². The molecule has 0 radical (unpaired) electrons. The minimum atomic E-state index is -4.26. The zero-order valence-electron chi connectivity index (χ0n) is 25.7. The van der Waals surface area contributed by atoms with E-state index in [2.05, 4.69) is 5.32 Å². The molecule has 0 aromatic heterocycles. The van der Waals surface area contributed by atoms with Gasteiger partial charge >= 0.3 is 0 Å². The SMILES string of the molecule is CCCCNC(=O)[C@@H](Cc1ccccc1)N(Cc1cccc(Cl)c1)C(=O)CN(c1ccc(Cl)cc1)S(=O)(=O)c1ccc(OC)cc1. The zero-order chi connectivity index (χ0) is 33.1. The van der Waals surface area contributed by atoms with Gasteiger partial charge in [-0.2, -0.15) is 0 Å². The zero-order valence-corrected chi connectivity index (χ0v) is 28.1. The van der Waals surface area contributed by atoms with Gasteiger partial charge in [0.25, 0.3) is 10.0 Å². The number of carbonyl (C=O) groups is 2. The van der Waals surface area contributed by atoms with Crippen molar-refractivity contribution in [3.05, 3.63) is 124 Å². The molecule has 4 aromatic rings. The van der Waals surface area contributed by atoms with Crippen molar-refractivity contribution < 1.29 is 22.7 Å². The minimum absolute atomic E-state index is 0.0229. The fraction of sp³-hybridized carbons (Fsp3) is 0.257. The van der Waals surface area contributed by atoms with Crippen LogP contribution in [0.4, 0.5) is 5.69 Å². The quantitative estimate of drug-likeness (QED) is 0.140. The Morgan fingerprint density at radius 1 is 0.848 bits per heavy atom. The third kappa shape index (κ3) is 9.25.